The first kappa shape index (κ1) is 23.6. The molecule has 0 aliphatic heterocycles. The van der Waals surface area contributed by atoms with Crippen molar-refractivity contribution in [3.63, 3.8) is 0 Å². The number of hydrogen-bond acceptors (Lipinski definition) is 2. The van der Waals surface area contributed by atoms with E-state index in [0.717, 1.165) is 64.7 Å². The molecule has 0 radical (unpaired) electrons. The third-order valence-corrected chi connectivity index (χ3v) is 12.3. The molecule has 0 saturated heterocycles. The Morgan fingerprint density at radius 3 is 2.59 bits per heavy atom. The van der Waals surface area contributed by atoms with E-state index in [1.165, 1.54) is 0 Å². The molecule has 4 heteroatoms. The third kappa shape index (κ3) is 3.43. The van der Waals surface area contributed by atoms with Crippen LogP contribution in [-0.2, 0) is 11.8 Å². The number of fused-ring (bicyclic) bond motifs is 10. The number of rotatable bonds is 5. The molecule has 39 heavy (non-hydrogen) atoms. The molecule has 7 rings (SSSR count). The minimum absolute atomic E-state index is 0.906. The molecule has 184 valence electrons. The van der Waals surface area contributed by atoms with Gasteiger partial charge in [0.2, 0.25) is 0 Å². The summed E-state index contributed by atoms with van der Waals surface area (Å²) >= 11 is 6.80. The lowest BCUT2D eigenvalue weighted by molar-refractivity contribution is 1.28. The van der Waals surface area contributed by atoms with Crippen LogP contribution < -0.4 is 21.0 Å². The van der Waals surface area contributed by atoms with Crippen molar-refractivity contribution in [3.8, 4) is 0 Å². The van der Waals surface area contributed by atoms with Crippen molar-refractivity contribution in [1.82, 2.24) is 9.38 Å². The molecule has 0 fully saturated rings. The van der Waals surface area contributed by atoms with Crippen LogP contribution in [0, 0.1) is 0 Å². The van der Waals surface area contributed by atoms with E-state index >= 15 is 0 Å². The normalized spacial score (nSPS) is 13.9. The molecule has 6 aromatic rings. The first-order chi connectivity index (χ1) is 19.1. The molecule has 1 unspecified atom stereocenters. The molecular weight excluding hydrogens is 511 g/mol. The largest absolute Gasteiger partial charge is 0.291 e. The maximum atomic E-state index is 6.80. The number of allylic oxidation sites excluding steroid dienone is 5. The minimum atomic E-state index is -2.58. The Kier molecular flexibility index (Phi) is 5.49. The van der Waals surface area contributed by atoms with Gasteiger partial charge >= 0.3 is 0 Å². The van der Waals surface area contributed by atoms with E-state index in [9.17, 15) is 0 Å². The third-order valence-electron chi connectivity index (χ3n) is 7.36. The highest BCUT2D eigenvalue weighted by molar-refractivity contribution is 8.24. The van der Waals surface area contributed by atoms with E-state index in [4.69, 9.17) is 16.8 Å². The topological polar surface area (TPSA) is 17.3 Å². The van der Waals surface area contributed by atoms with Gasteiger partial charge in [-0.05, 0) is 46.4 Å². The quantitative estimate of drug-likeness (QED) is 0.111. The molecule has 1 aliphatic rings. The van der Waals surface area contributed by atoms with Crippen molar-refractivity contribution in [2.75, 3.05) is 0 Å². The van der Waals surface area contributed by atoms with Crippen molar-refractivity contribution in [2.24, 2.45) is 0 Å². The summed E-state index contributed by atoms with van der Waals surface area (Å²) in [6.45, 7) is 8.44. The molecule has 0 saturated carbocycles. The molecule has 0 N–H and O–H groups in total. The zero-order chi connectivity index (χ0) is 26.6. The lowest BCUT2D eigenvalue weighted by Crippen LogP contribution is -2.33. The number of aromatic nitrogens is 2. The van der Waals surface area contributed by atoms with Gasteiger partial charge in [-0.15, -0.1) is 0 Å². The van der Waals surface area contributed by atoms with Crippen molar-refractivity contribution < 1.29 is 0 Å². The number of hydrogen-bond donors (Lipinski definition) is 0. The molecule has 0 amide bonds. The molecule has 2 heterocycles. The summed E-state index contributed by atoms with van der Waals surface area (Å²) in [5, 5.41) is 8.45. The lowest BCUT2D eigenvalue weighted by atomic mass is 10.0. The van der Waals surface area contributed by atoms with Crippen molar-refractivity contribution >= 4 is 78.6 Å². The van der Waals surface area contributed by atoms with Gasteiger partial charge in [0, 0.05) is 32.6 Å². The van der Waals surface area contributed by atoms with E-state index < -0.39 is 6.04 Å². The Morgan fingerprint density at radius 2 is 1.74 bits per heavy atom. The maximum absolute atomic E-state index is 6.80. The van der Waals surface area contributed by atoms with Gasteiger partial charge in [-0.3, -0.25) is 4.40 Å². The second-order valence-corrected chi connectivity index (χ2v) is 14.0. The van der Waals surface area contributed by atoms with Gasteiger partial charge in [0.15, 0.2) is 0 Å². The van der Waals surface area contributed by atoms with E-state index in [1.54, 1.807) is 6.08 Å². The van der Waals surface area contributed by atoms with Gasteiger partial charge in [0.25, 0.3) is 0 Å². The molecule has 1 aliphatic carbocycles. The Morgan fingerprint density at radius 1 is 0.974 bits per heavy atom. The van der Waals surface area contributed by atoms with E-state index in [2.05, 4.69) is 108 Å². The second-order valence-electron chi connectivity index (χ2n) is 9.52. The van der Waals surface area contributed by atoms with E-state index in [-0.39, 0.29) is 0 Å². The fourth-order valence-electron chi connectivity index (χ4n) is 5.63. The molecule has 1 atom stereocenters. The van der Waals surface area contributed by atoms with Gasteiger partial charge in [-0.1, -0.05) is 121 Å². The summed E-state index contributed by atoms with van der Waals surface area (Å²) in [6.07, 6.45) is 9.71. The number of nitrogens with zero attached hydrogens (tertiary/aromatic N) is 2. The molecule has 2 aromatic heterocycles. The number of benzene rings is 4. The van der Waals surface area contributed by atoms with Gasteiger partial charge in [0.05, 0.1) is 16.6 Å². The summed E-state index contributed by atoms with van der Waals surface area (Å²) in [7, 11) is 0. The van der Waals surface area contributed by atoms with Crippen molar-refractivity contribution in [1.29, 1.82) is 0 Å². The molecule has 0 spiro atoms. The first-order valence-corrected chi connectivity index (χ1v) is 15.5. The van der Waals surface area contributed by atoms with Crippen LogP contribution >= 0.6 is 6.04 Å². The predicted molar refractivity (Wildman–Crippen MR) is 171 cm³/mol. The van der Waals surface area contributed by atoms with Gasteiger partial charge < -0.3 is 0 Å². The van der Waals surface area contributed by atoms with Gasteiger partial charge in [-0.2, -0.15) is 0 Å². The summed E-state index contributed by atoms with van der Waals surface area (Å²) in [4.78, 5) is 5.10. The van der Waals surface area contributed by atoms with Gasteiger partial charge in [0.1, 0.15) is 5.65 Å². The van der Waals surface area contributed by atoms with E-state index in [0.29, 0.717) is 0 Å². The smallest absolute Gasteiger partial charge is 0.147 e. The summed E-state index contributed by atoms with van der Waals surface area (Å²) < 4.78 is 2.31. The zero-order valence-corrected chi connectivity index (χ0v) is 22.8. The van der Waals surface area contributed by atoms with Crippen LogP contribution in [0.25, 0.3) is 50.2 Å². The lowest BCUT2D eigenvalue weighted by Gasteiger charge is -2.27. The summed E-state index contributed by atoms with van der Waals surface area (Å²) in [5.41, 5.74) is 10.7. The molecule has 0 bridgehead atoms. The highest BCUT2D eigenvalue weighted by Crippen LogP contribution is 2.53. The van der Waals surface area contributed by atoms with Crippen LogP contribution in [0.5, 0.6) is 0 Å². The Labute approximate surface area is 231 Å². The Balaban J connectivity index is 1.83. The molecular formula is C35H23N2PS. The summed E-state index contributed by atoms with van der Waals surface area (Å²) in [5.74, 6) is 0. The zero-order valence-electron chi connectivity index (χ0n) is 21.1. The summed E-state index contributed by atoms with van der Waals surface area (Å²) in [6, 6.07) is 27.0. The number of para-hydroxylation sites is 2. The highest BCUT2D eigenvalue weighted by atomic mass is 32.4. The van der Waals surface area contributed by atoms with Crippen LogP contribution in [0.1, 0.15) is 0 Å². The Bertz CT molecular complexity index is 2310. The van der Waals surface area contributed by atoms with Crippen LogP contribution in [0.2, 0.25) is 0 Å². The monoisotopic (exact) mass is 534 g/mol. The maximum Gasteiger partial charge on any atom is 0.147 e. The van der Waals surface area contributed by atoms with E-state index in [1.807, 2.05) is 30.4 Å². The van der Waals surface area contributed by atoms with Crippen LogP contribution in [-0.4, -0.2) is 9.38 Å². The standard InChI is InChI=1S/C35H23N2PS/c1-3-4-14-24(2)38(39,26-16-6-5-7-17-26)32-23-25-15-8-9-18-27(25)34-33(32)28-19-10-11-20-29(28)35-36-30-21-12-13-22-31(30)37(34)35/h3-9,11-18,20-23H,1-2H2/b14-4-. The Hall–Kier alpha value is -4.48. The van der Waals surface area contributed by atoms with Gasteiger partial charge in [-0.25, -0.2) is 4.98 Å². The predicted octanol–water partition coefficient (Wildman–Crippen LogP) is 6.36. The average molecular weight is 535 g/mol. The van der Waals surface area contributed by atoms with Crippen LogP contribution in [0.3, 0.4) is 0 Å². The second kappa shape index (κ2) is 9.07. The van der Waals surface area contributed by atoms with Crippen LogP contribution in [0.15, 0.2) is 133 Å². The number of imidazole rings is 1. The fraction of sp³-hybridized carbons (Fsp3) is 0. The number of pyridine rings is 1. The van der Waals surface area contributed by atoms with Crippen LogP contribution in [0.4, 0.5) is 0 Å². The van der Waals surface area contributed by atoms with Crippen molar-refractivity contribution in [3.05, 3.63) is 144 Å². The molecule has 4 aromatic carbocycles. The minimum Gasteiger partial charge on any atom is -0.291 e. The SMILES string of the molecule is C=C/C=C\C(=C)P(=S)(c1ccccc1)c1cc2ccccc2c2c1c1c(c3nc4ccccc4n32)=CC=C=C=1. The molecule has 2 nitrogen and oxygen atoms in total. The average Bonchev–Trinajstić information content (AvgIpc) is 3.39. The first-order valence-electron chi connectivity index (χ1n) is 12.7. The fourth-order valence-corrected chi connectivity index (χ4v) is 9.27. The van der Waals surface area contributed by atoms with Crippen molar-refractivity contribution in [2.45, 2.75) is 0 Å². The highest BCUT2D eigenvalue weighted by Gasteiger charge is 2.29.